The predicted molar refractivity (Wildman–Crippen MR) is 124 cm³/mol. The van der Waals surface area contributed by atoms with Gasteiger partial charge in [-0.3, -0.25) is 9.59 Å². The van der Waals surface area contributed by atoms with Gasteiger partial charge in [-0.05, 0) is 40.6 Å². The summed E-state index contributed by atoms with van der Waals surface area (Å²) in [7, 11) is 1.79. The molecule has 4 aromatic carbocycles. The highest BCUT2D eigenvalue weighted by Gasteiger charge is 2.25. The van der Waals surface area contributed by atoms with E-state index in [0.29, 0.717) is 17.7 Å². The first-order valence-electron chi connectivity index (χ1n) is 10.3. The van der Waals surface area contributed by atoms with Crippen LogP contribution >= 0.6 is 0 Å². The van der Waals surface area contributed by atoms with E-state index in [-0.39, 0.29) is 17.9 Å². The van der Waals surface area contributed by atoms with E-state index >= 15 is 0 Å². The van der Waals surface area contributed by atoms with Crippen LogP contribution in [-0.2, 0) is 0 Å². The first-order chi connectivity index (χ1) is 15.1. The number of carbonyl (C=O) groups excluding carboxylic acids is 2. The number of hydrogen-bond donors (Lipinski definition) is 1. The molecule has 4 aromatic rings. The Morgan fingerprint density at radius 2 is 1.32 bits per heavy atom. The lowest BCUT2D eigenvalue weighted by atomic mass is 9.97. The van der Waals surface area contributed by atoms with Gasteiger partial charge in [0, 0.05) is 24.7 Å². The molecule has 4 nitrogen and oxygen atoms in total. The van der Waals surface area contributed by atoms with Crippen molar-refractivity contribution in [2.45, 2.75) is 6.04 Å². The number of fused-ring (bicyclic) bond motifs is 1. The van der Waals surface area contributed by atoms with Crippen LogP contribution in [0, 0.1) is 0 Å². The second-order valence-electron chi connectivity index (χ2n) is 7.44. The van der Waals surface area contributed by atoms with Crippen LogP contribution < -0.4 is 5.32 Å². The molecule has 2 amide bonds. The van der Waals surface area contributed by atoms with Crippen molar-refractivity contribution in [1.29, 1.82) is 0 Å². The Hall–Kier alpha value is -3.92. The predicted octanol–water partition coefficient (Wildman–Crippen LogP) is 5.08. The number of benzene rings is 4. The third kappa shape index (κ3) is 4.48. The molecule has 0 aliphatic heterocycles. The average Bonchev–Trinajstić information content (AvgIpc) is 2.84. The Bertz CT molecular complexity index is 1180. The first kappa shape index (κ1) is 20.4. The van der Waals surface area contributed by atoms with Gasteiger partial charge in [-0.2, -0.15) is 0 Å². The summed E-state index contributed by atoms with van der Waals surface area (Å²) in [5.74, 6) is -0.251. The molecule has 0 aliphatic carbocycles. The van der Waals surface area contributed by atoms with Gasteiger partial charge in [0.05, 0.1) is 6.04 Å². The van der Waals surface area contributed by atoms with E-state index in [1.165, 1.54) is 0 Å². The molecule has 0 spiro atoms. The molecule has 0 saturated heterocycles. The van der Waals surface area contributed by atoms with Crippen LogP contribution in [0.2, 0.25) is 0 Å². The summed E-state index contributed by atoms with van der Waals surface area (Å²) in [6.07, 6.45) is 0. The van der Waals surface area contributed by atoms with E-state index in [9.17, 15) is 9.59 Å². The van der Waals surface area contributed by atoms with Crippen molar-refractivity contribution in [3.05, 3.63) is 120 Å². The SMILES string of the molecule is CN(C(=O)c1ccccc1)C(CNC(=O)c1ccccc1)c1cccc2ccccc12. The summed E-state index contributed by atoms with van der Waals surface area (Å²) in [4.78, 5) is 27.6. The van der Waals surface area contributed by atoms with Gasteiger partial charge in [-0.25, -0.2) is 0 Å². The van der Waals surface area contributed by atoms with Crippen LogP contribution in [0.5, 0.6) is 0 Å². The molecule has 4 rings (SSSR count). The topological polar surface area (TPSA) is 49.4 Å². The Morgan fingerprint density at radius 1 is 0.742 bits per heavy atom. The number of carbonyl (C=O) groups is 2. The standard InChI is InChI=1S/C27H24N2O2/c1-29(27(31)22-14-6-3-7-15-22)25(19-28-26(30)21-12-4-2-5-13-21)24-18-10-16-20-11-8-9-17-23(20)24/h2-18,25H,19H2,1H3,(H,28,30). The molecule has 0 aliphatic rings. The minimum Gasteiger partial charge on any atom is -0.350 e. The van der Waals surface area contributed by atoms with Gasteiger partial charge in [-0.1, -0.05) is 78.9 Å². The molecule has 0 bridgehead atoms. The van der Waals surface area contributed by atoms with Crippen molar-refractivity contribution in [2.24, 2.45) is 0 Å². The highest BCUT2D eigenvalue weighted by atomic mass is 16.2. The quantitative estimate of drug-likeness (QED) is 0.483. The summed E-state index contributed by atoms with van der Waals surface area (Å²) < 4.78 is 0. The summed E-state index contributed by atoms with van der Waals surface area (Å²) in [6.45, 7) is 0.302. The fourth-order valence-electron chi connectivity index (χ4n) is 3.80. The number of nitrogens with one attached hydrogen (secondary N) is 1. The van der Waals surface area contributed by atoms with E-state index in [0.717, 1.165) is 16.3 Å². The summed E-state index contributed by atoms with van der Waals surface area (Å²) >= 11 is 0. The molecule has 0 radical (unpaired) electrons. The number of amides is 2. The molecule has 0 heterocycles. The van der Waals surface area contributed by atoms with E-state index in [2.05, 4.69) is 23.5 Å². The minimum absolute atomic E-state index is 0.0903. The molecule has 0 saturated carbocycles. The van der Waals surface area contributed by atoms with Gasteiger partial charge in [0.1, 0.15) is 0 Å². The maximum absolute atomic E-state index is 13.2. The van der Waals surface area contributed by atoms with Gasteiger partial charge >= 0.3 is 0 Å². The Kier molecular flexibility index (Phi) is 6.08. The highest BCUT2D eigenvalue weighted by molar-refractivity contribution is 5.96. The van der Waals surface area contributed by atoms with Crippen molar-refractivity contribution < 1.29 is 9.59 Å². The number of likely N-dealkylation sites (N-methyl/N-ethyl adjacent to an activating group) is 1. The van der Waals surface area contributed by atoms with Gasteiger partial charge in [0.25, 0.3) is 11.8 Å². The van der Waals surface area contributed by atoms with Crippen molar-refractivity contribution in [1.82, 2.24) is 10.2 Å². The third-order valence-corrected chi connectivity index (χ3v) is 5.48. The van der Waals surface area contributed by atoms with Crippen LogP contribution in [0.1, 0.15) is 32.3 Å². The van der Waals surface area contributed by atoms with Gasteiger partial charge in [-0.15, -0.1) is 0 Å². The van der Waals surface area contributed by atoms with Crippen LogP contribution in [0.25, 0.3) is 10.8 Å². The smallest absolute Gasteiger partial charge is 0.254 e. The fourth-order valence-corrected chi connectivity index (χ4v) is 3.80. The summed E-state index contributed by atoms with van der Waals surface area (Å²) in [5, 5.41) is 5.18. The van der Waals surface area contributed by atoms with Gasteiger partial charge < -0.3 is 10.2 Å². The largest absolute Gasteiger partial charge is 0.350 e. The minimum atomic E-state index is -0.327. The zero-order valence-corrected chi connectivity index (χ0v) is 17.4. The Balaban J connectivity index is 1.68. The molecule has 4 heteroatoms. The zero-order chi connectivity index (χ0) is 21.6. The zero-order valence-electron chi connectivity index (χ0n) is 17.4. The normalized spacial score (nSPS) is 11.6. The summed E-state index contributed by atoms with van der Waals surface area (Å²) in [5.41, 5.74) is 2.21. The van der Waals surface area contributed by atoms with Crippen molar-refractivity contribution >= 4 is 22.6 Å². The fraction of sp³-hybridized carbons (Fsp3) is 0.111. The molecular formula is C27H24N2O2. The van der Waals surface area contributed by atoms with E-state index in [1.807, 2.05) is 72.8 Å². The Morgan fingerprint density at radius 3 is 2.03 bits per heavy atom. The Labute approximate surface area is 182 Å². The molecular weight excluding hydrogens is 384 g/mol. The van der Waals surface area contributed by atoms with Crippen LogP contribution in [0.15, 0.2) is 103 Å². The monoisotopic (exact) mass is 408 g/mol. The van der Waals surface area contributed by atoms with Crippen LogP contribution in [0.3, 0.4) is 0 Å². The van der Waals surface area contributed by atoms with Crippen molar-refractivity contribution in [2.75, 3.05) is 13.6 Å². The van der Waals surface area contributed by atoms with E-state index < -0.39 is 0 Å². The van der Waals surface area contributed by atoms with Gasteiger partial charge in [0.15, 0.2) is 0 Å². The molecule has 0 fully saturated rings. The second kappa shape index (κ2) is 9.26. The lowest BCUT2D eigenvalue weighted by Crippen LogP contribution is -2.39. The average molecular weight is 409 g/mol. The van der Waals surface area contributed by atoms with Crippen molar-refractivity contribution in [3.8, 4) is 0 Å². The number of nitrogens with zero attached hydrogens (tertiary/aromatic N) is 1. The maximum Gasteiger partial charge on any atom is 0.254 e. The highest BCUT2D eigenvalue weighted by Crippen LogP contribution is 2.28. The number of rotatable bonds is 6. The first-order valence-corrected chi connectivity index (χ1v) is 10.3. The van der Waals surface area contributed by atoms with Gasteiger partial charge in [0.2, 0.25) is 0 Å². The molecule has 31 heavy (non-hydrogen) atoms. The number of hydrogen-bond acceptors (Lipinski definition) is 2. The molecule has 1 atom stereocenters. The molecule has 1 unspecified atom stereocenters. The molecule has 1 N–H and O–H groups in total. The van der Waals surface area contributed by atoms with Crippen molar-refractivity contribution in [3.63, 3.8) is 0 Å². The third-order valence-electron chi connectivity index (χ3n) is 5.48. The lowest BCUT2D eigenvalue weighted by molar-refractivity contribution is 0.0718. The molecule has 154 valence electrons. The second-order valence-corrected chi connectivity index (χ2v) is 7.44. The summed E-state index contributed by atoms with van der Waals surface area (Å²) in [6, 6.07) is 32.1. The van der Waals surface area contributed by atoms with E-state index in [1.54, 1.807) is 24.1 Å². The molecule has 0 aromatic heterocycles. The van der Waals surface area contributed by atoms with E-state index in [4.69, 9.17) is 0 Å². The lowest BCUT2D eigenvalue weighted by Gasteiger charge is -2.30. The maximum atomic E-state index is 13.2. The van der Waals surface area contributed by atoms with Crippen LogP contribution in [0.4, 0.5) is 0 Å². The van der Waals surface area contributed by atoms with Crippen LogP contribution in [-0.4, -0.2) is 30.3 Å².